The largest absolute Gasteiger partial charge is 0.123 e. The quantitative estimate of drug-likeness (QED) is 0.172. The van der Waals surface area contributed by atoms with E-state index in [2.05, 4.69) is 53.4 Å². The van der Waals surface area contributed by atoms with Crippen molar-refractivity contribution in [2.45, 2.75) is 103 Å². The van der Waals surface area contributed by atoms with Crippen molar-refractivity contribution < 1.29 is 0 Å². The lowest BCUT2D eigenvalue weighted by Gasteiger charge is -2.13. The van der Waals surface area contributed by atoms with Crippen molar-refractivity contribution in [2.75, 3.05) is 11.5 Å². The fourth-order valence-corrected chi connectivity index (χ4v) is 7.71. The van der Waals surface area contributed by atoms with Crippen molar-refractivity contribution in [3.05, 3.63) is 9.75 Å². The summed E-state index contributed by atoms with van der Waals surface area (Å²) in [6.07, 6.45) is 22.2. The minimum absolute atomic E-state index is 0.772. The molecule has 0 saturated carbocycles. The summed E-state index contributed by atoms with van der Waals surface area (Å²) in [5.74, 6) is 11.2. The number of hydrogen-bond donors (Lipinski definition) is 0. The number of rotatable bonds is 16. The third-order valence-electron chi connectivity index (χ3n) is 5.76. The summed E-state index contributed by atoms with van der Waals surface area (Å²) in [6.45, 7) is 14.0. The normalized spacial score (nSPS) is 13.4. The molecule has 0 aliphatic rings. The third-order valence-corrected chi connectivity index (χ3v) is 9.47. The Morgan fingerprint density at radius 3 is 1.35 bits per heavy atom. The Labute approximate surface area is 206 Å². The van der Waals surface area contributed by atoms with Crippen LogP contribution in [-0.2, 0) is 0 Å². The molecule has 1 aromatic heterocycles. The van der Waals surface area contributed by atoms with E-state index >= 15 is 0 Å². The van der Waals surface area contributed by atoms with Gasteiger partial charge in [0, 0.05) is 9.79 Å². The molecule has 0 spiro atoms. The van der Waals surface area contributed by atoms with Crippen LogP contribution < -0.4 is 0 Å². The highest BCUT2D eigenvalue weighted by molar-refractivity contribution is 8.02. The van der Waals surface area contributed by atoms with E-state index < -0.39 is 0 Å². The van der Waals surface area contributed by atoms with Gasteiger partial charge in [-0.25, -0.2) is 0 Å². The number of terminal acetylenes is 2. The molecule has 0 N–H and O–H groups in total. The van der Waals surface area contributed by atoms with E-state index in [1.807, 2.05) is 23.5 Å². The summed E-state index contributed by atoms with van der Waals surface area (Å²) >= 11 is 5.48. The van der Waals surface area contributed by atoms with Gasteiger partial charge in [-0.1, -0.05) is 91.9 Å². The molecule has 0 saturated heterocycles. The first-order chi connectivity index (χ1) is 14.8. The molecule has 31 heavy (non-hydrogen) atoms. The Morgan fingerprint density at radius 2 is 1.03 bits per heavy atom. The van der Waals surface area contributed by atoms with Gasteiger partial charge in [-0.05, 0) is 48.0 Å². The molecular formula is C28H44S3. The van der Waals surface area contributed by atoms with Crippen LogP contribution in [0.4, 0.5) is 0 Å². The van der Waals surface area contributed by atoms with Gasteiger partial charge in [0.15, 0.2) is 0 Å². The van der Waals surface area contributed by atoms with Crippen LogP contribution in [-0.4, -0.2) is 11.5 Å². The highest BCUT2D eigenvalue weighted by atomic mass is 32.2. The molecule has 0 bridgehead atoms. The van der Waals surface area contributed by atoms with Crippen molar-refractivity contribution in [3.63, 3.8) is 0 Å². The Bertz CT molecular complexity index is 641. The first-order valence-electron chi connectivity index (χ1n) is 12.1. The standard InChI is InChI=1S/C28H44S3/c1-9-25-27(29-19-17-23(7)15-11-13-21(3)4)28(26(10-2)31-25)30-20-18-24(8)16-12-14-22(5)6/h1-2,21-24H,11-20H2,3-8H3/t23-,24-/m0/s1. The topological polar surface area (TPSA) is 0 Å². The van der Waals surface area contributed by atoms with Crippen molar-refractivity contribution in [3.8, 4) is 24.7 Å². The monoisotopic (exact) mass is 476 g/mol. The summed E-state index contributed by atoms with van der Waals surface area (Å²) in [5.41, 5.74) is 0. The maximum Gasteiger partial charge on any atom is 0.0926 e. The molecule has 2 atom stereocenters. The molecule has 0 fully saturated rings. The van der Waals surface area contributed by atoms with Crippen molar-refractivity contribution in [2.24, 2.45) is 23.7 Å². The van der Waals surface area contributed by atoms with Crippen LogP contribution in [0.2, 0.25) is 0 Å². The molecule has 174 valence electrons. The van der Waals surface area contributed by atoms with Crippen LogP contribution in [0.3, 0.4) is 0 Å². The highest BCUT2D eigenvalue weighted by Crippen LogP contribution is 2.42. The average molecular weight is 477 g/mol. The minimum atomic E-state index is 0.772. The third kappa shape index (κ3) is 11.8. The van der Waals surface area contributed by atoms with Crippen LogP contribution in [0.15, 0.2) is 9.79 Å². The first-order valence-corrected chi connectivity index (χ1v) is 14.9. The molecule has 0 aliphatic carbocycles. The molecule has 1 aromatic rings. The molecule has 0 amide bonds. The molecule has 0 unspecified atom stereocenters. The summed E-state index contributed by atoms with van der Waals surface area (Å²) in [7, 11) is 0. The van der Waals surface area contributed by atoms with Crippen LogP contribution in [0.5, 0.6) is 0 Å². The fourth-order valence-electron chi connectivity index (χ4n) is 3.62. The van der Waals surface area contributed by atoms with Gasteiger partial charge in [0.25, 0.3) is 0 Å². The van der Waals surface area contributed by atoms with Crippen LogP contribution in [0, 0.1) is 48.4 Å². The lowest BCUT2D eigenvalue weighted by molar-refractivity contribution is 0.451. The van der Waals surface area contributed by atoms with Gasteiger partial charge in [-0.2, -0.15) is 0 Å². The summed E-state index contributed by atoms with van der Waals surface area (Å²) in [5, 5.41) is 0. The van der Waals surface area contributed by atoms with Gasteiger partial charge in [0.1, 0.15) is 0 Å². The molecule has 1 rings (SSSR count). The van der Waals surface area contributed by atoms with E-state index in [-0.39, 0.29) is 0 Å². The summed E-state index contributed by atoms with van der Waals surface area (Å²) < 4.78 is 0. The fraction of sp³-hybridized carbons (Fsp3) is 0.714. The van der Waals surface area contributed by atoms with Crippen LogP contribution >= 0.6 is 34.9 Å². The number of thiophene rings is 1. The molecule has 3 heteroatoms. The van der Waals surface area contributed by atoms with E-state index in [0.717, 1.165) is 44.9 Å². The minimum Gasteiger partial charge on any atom is -0.123 e. The Kier molecular flexibility index (Phi) is 14.9. The van der Waals surface area contributed by atoms with E-state index in [1.54, 1.807) is 11.3 Å². The summed E-state index contributed by atoms with van der Waals surface area (Å²) in [4.78, 5) is 4.59. The smallest absolute Gasteiger partial charge is 0.0926 e. The van der Waals surface area contributed by atoms with E-state index in [1.165, 1.54) is 61.2 Å². The van der Waals surface area contributed by atoms with Gasteiger partial charge >= 0.3 is 0 Å². The molecule has 0 aromatic carbocycles. The van der Waals surface area contributed by atoms with Gasteiger partial charge in [-0.15, -0.1) is 47.7 Å². The lowest BCUT2D eigenvalue weighted by atomic mass is 9.98. The van der Waals surface area contributed by atoms with E-state index in [9.17, 15) is 0 Å². The lowest BCUT2D eigenvalue weighted by Crippen LogP contribution is -1.99. The maximum absolute atomic E-state index is 5.84. The first kappa shape index (κ1) is 28.6. The van der Waals surface area contributed by atoms with Gasteiger partial charge in [-0.3, -0.25) is 0 Å². The van der Waals surface area contributed by atoms with Gasteiger partial charge < -0.3 is 0 Å². The van der Waals surface area contributed by atoms with Crippen LogP contribution in [0.25, 0.3) is 0 Å². The number of hydrogen-bond acceptors (Lipinski definition) is 3. The Balaban J connectivity index is 2.59. The van der Waals surface area contributed by atoms with Crippen molar-refractivity contribution >= 4 is 34.9 Å². The second kappa shape index (κ2) is 16.2. The summed E-state index contributed by atoms with van der Waals surface area (Å²) in [6, 6.07) is 0. The highest BCUT2D eigenvalue weighted by Gasteiger charge is 2.18. The van der Waals surface area contributed by atoms with E-state index in [4.69, 9.17) is 12.8 Å². The second-order valence-corrected chi connectivity index (χ2v) is 13.1. The zero-order valence-electron chi connectivity index (χ0n) is 20.8. The molecule has 0 radical (unpaired) electrons. The predicted octanol–water partition coefficient (Wildman–Crippen LogP) is 9.60. The molecular weight excluding hydrogens is 433 g/mol. The zero-order chi connectivity index (χ0) is 23.2. The molecule has 1 heterocycles. The Morgan fingerprint density at radius 1 is 0.645 bits per heavy atom. The SMILES string of the molecule is C#Cc1sc(C#C)c(SCC[C@@H](C)CCCC(C)C)c1SCC[C@@H](C)CCCC(C)C. The maximum atomic E-state index is 5.84. The van der Waals surface area contributed by atoms with Gasteiger partial charge in [0.05, 0.1) is 9.75 Å². The van der Waals surface area contributed by atoms with Gasteiger partial charge in [0.2, 0.25) is 0 Å². The zero-order valence-corrected chi connectivity index (χ0v) is 23.2. The van der Waals surface area contributed by atoms with Crippen molar-refractivity contribution in [1.82, 2.24) is 0 Å². The molecule has 0 aliphatic heterocycles. The van der Waals surface area contributed by atoms with Crippen molar-refractivity contribution in [1.29, 1.82) is 0 Å². The van der Waals surface area contributed by atoms with E-state index in [0.29, 0.717) is 0 Å². The molecule has 0 nitrogen and oxygen atoms in total. The predicted molar refractivity (Wildman–Crippen MR) is 147 cm³/mol. The van der Waals surface area contributed by atoms with Crippen LogP contribution in [0.1, 0.15) is 103 Å². The number of thioether (sulfide) groups is 2. The average Bonchev–Trinajstić information content (AvgIpc) is 3.04. The Hall–Kier alpha value is -0.480. The second-order valence-electron chi connectivity index (χ2n) is 9.84.